The van der Waals surface area contributed by atoms with E-state index in [0.29, 0.717) is 12.2 Å². The Balaban J connectivity index is 2.23. The van der Waals surface area contributed by atoms with Crippen LogP contribution >= 0.6 is 11.3 Å². The van der Waals surface area contributed by atoms with Crippen LogP contribution in [-0.2, 0) is 23.2 Å². The minimum absolute atomic E-state index is 0.171. The minimum Gasteiger partial charge on any atom is -0.390 e. The molecule has 21 heavy (non-hydrogen) atoms. The Labute approximate surface area is 129 Å². The van der Waals surface area contributed by atoms with Crippen molar-refractivity contribution in [1.29, 1.82) is 0 Å². The van der Waals surface area contributed by atoms with Gasteiger partial charge in [-0.3, -0.25) is 0 Å². The SMILES string of the molecule is CCCn1cc(S(=O)(=O)NC(C)c2cccs2)cc1CO. The number of aliphatic hydroxyl groups is 1. The molecule has 7 heteroatoms. The average Bonchev–Trinajstić information content (AvgIpc) is 3.08. The molecule has 0 aromatic carbocycles. The molecule has 2 heterocycles. The molecule has 2 N–H and O–H groups in total. The van der Waals surface area contributed by atoms with Crippen LogP contribution < -0.4 is 4.72 Å². The lowest BCUT2D eigenvalue weighted by molar-refractivity contribution is 0.270. The number of aromatic nitrogens is 1. The molecule has 0 saturated heterocycles. The molecule has 0 aliphatic carbocycles. The van der Waals surface area contributed by atoms with Gasteiger partial charge in [-0.25, -0.2) is 13.1 Å². The Morgan fingerprint density at radius 3 is 2.81 bits per heavy atom. The Morgan fingerprint density at radius 2 is 2.24 bits per heavy atom. The van der Waals surface area contributed by atoms with E-state index in [2.05, 4.69) is 4.72 Å². The highest BCUT2D eigenvalue weighted by atomic mass is 32.2. The van der Waals surface area contributed by atoms with Crippen molar-refractivity contribution in [3.63, 3.8) is 0 Å². The van der Waals surface area contributed by atoms with Gasteiger partial charge in [-0.15, -0.1) is 11.3 Å². The van der Waals surface area contributed by atoms with E-state index in [1.165, 1.54) is 17.4 Å². The Hall–Kier alpha value is -1.15. The molecular formula is C14H20N2O3S2. The van der Waals surface area contributed by atoms with Gasteiger partial charge in [-0.05, 0) is 30.9 Å². The Morgan fingerprint density at radius 1 is 1.48 bits per heavy atom. The quantitative estimate of drug-likeness (QED) is 0.820. The van der Waals surface area contributed by atoms with Gasteiger partial charge in [0.15, 0.2) is 0 Å². The summed E-state index contributed by atoms with van der Waals surface area (Å²) >= 11 is 1.52. The first-order valence-electron chi connectivity index (χ1n) is 6.83. The van der Waals surface area contributed by atoms with E-state index in [4.69, 9.17) is 0 Å². The summed E-state index contributed by atoms with van der Waals surface area (Å²) in [6, 6.07) is 5.05. The fraction of sp³-hybridized carbons (Fsp3) is 0.429. The molecule has 116 valence electrons. The molecule has 2 rings (SSSR count). The van der Waals surface area contributed by atoms with Gasteiger partial charge in [-0.1, -0.05) is 13.0 Å². The summed E-state index contributed by atoms with van der Waals surface area (Å²) in [7, 11) is -3.59. The summed E-state index contributed by atoms with van der Waals surface area (Å²) in [5.74, 6) is 0. The van der Waals surface area contributed by atoms with E-state index >= 15 is 0 Å². The smallest absolute Gasteiger partial charge is 0.242 e. The molecule has 1 atom stereocenters. The van der Waals surface area contributed by atoms with E-state index < -0.39 is 10.0 Å². The predicted octanol–water partition coefficient (Wildman–Crippen LogP) is 2.49. The van der Waals surface area contributed by atoms with Crippen LogP contribution in [0.15, 0.2) is 34.7 Å². The van der Waals surface area contributed by atoms with Crippen molar-refractivity contribution < 1.29 is 13.5 Å². The largest absolute Gasteiger partial charge is 0.390 e. The lowest BCUT2D eigenvalue weighted by Crippen LogP contribution is -2.26. The van der Waals surface area contributed by atoms with Gasteiger partial charge in [-0.2, -0.15) is 0 Å². The number of hydrogen-bond donors (Lipinski definition) is 2. The third-order valence-electron chi connectivity index (χ3n) is 3.20. The second-order valence-corrected chi connectivity index (χ2v) is 7.57. The van der Waals surface area contributed by atoms with Crippen LogP contribution in [0.1, 0.15) is 36.9 Å². The number of aryl methyl sites for hydroxylation is 1. The maximum absolute atomic E-state index is 12.4. The number of thiophene rings is 1. The molecule has 1 unspecified atom stereocenters. The van der Waals surface area contributed by atoms with Crippen LogP contribution in [0.2, 0.25) is 0 Å². The summed E-state index contributed by atoms with van der Waals surface area (Å²) in [5, 5.41) is 11.2. The van der Waals surface area contributed by atoms with E-state index in [1.54, 1.807) is 10.8 Å². The zero-order chi connectivity index (χ0) is 15.5. The zero-order valence-corrected chi connectivity index (χ0v) is 13.7. The zero-order valence-electron chi connectivity index (χ0n) is 12.1. The van der Waals surface area contributed by atoms with Crippen LogP contribution in [0.25, 0.3) is 0 Å². The lowest BCUT2D eigenvalue weighted by atomic mass is 10.3. The number of hydrogen-bond acceptors (Lipinski definition) is 4. The summed E-state index contributed by atoms with van der Waals surface area (Å²) in [4.78, 5) is 1.16. The molecular weight excluding hydrogens is 308 g/mol. The molecule has 0 radical (unpaired) electrons. The number of rotatable bonds is 7. The monoisotopic (exact) mass is 328 g/mol. The molecule has 2 aromatic rings. The maximum Gasteiger partial charge on any atom is 0.242 e. The highest BCUT2D eigenvalue weighted by Gasteiger charge is 2.21. The first kappa shape index (κ1) is 16.2. The predicted molar refractivity (Wildman–Crippen MR) is 83.7 cm³/mol. The van der Waals surface area contributed by atoms with Crippen LogP contribution in [-0.4, -0.2) is 18.1 Å². The number of nitrogens with zero attached hydrogens (tertiary/aromatic N) is 1. The third-order valence-corrected chi connectivity index (χ3v) is 5.76. The van der Waals surface area contributed by atoms with Crippen molar-refractivity contribution in [3.8, 4) is 0 Å². The van der Waals surface area contributed by atoms with Crippen molar-refractivity contribution in [2.75, 3.05) is 0 Å². The number of nitrogens with one attached hydrogen (secondary N) is 1. The summed E-state index contributed by atoms with van der Waals surface area (Å²) in [5.41, 5.74) is 0.612. The van der Waals surface area contributed by atoms with Gasteiger partial charge in [0.2, 0.25) is 10.0 Å². The maximum atomic E-state index is 12.4. The molecule has 0 fully saturated rings. The summed E-state index contributed by atoms with van der Waals surface area (Å²) in [6.45, 7) is 4.34. The molecule has 2 aromatic heterocycles. The van der Waals surface area contributed by atoms with Crippen molar-refractivity contribution in [1.82, 2.24) is 9.29 Å². The molecule has 0 saturated carbocycles. The summed E-state index contributed by atoms with van der Waals surface area (Å²) in [6.07, 6.45) is 2.46. The van der Waals surface area contributed by atoms with Gasteiger partial charge in [0.25, 0.3) is 0 Å². The molecule has 0 aliphatic rings. The van der Waals surface area contributed by atoms with Crippen molar-refractivity contribution in [2.24, 2.45) is 0 Å². The van der Waals surface area contributed by atoms with Crippen molar-refractivity contribution in [2.45, 2.75) is 44.4 Å². The third kappa shape index (κ3) is 3.74. The van der Waals surface area contributed by atoms with Crippen LogP contribution in [0.4, 0.5) is 0 Å². The molecule has 0 bridgehead atoms. The summed E-state index contributed by atoms with van der Waals surface area (Å²) < 4.78 is 29.3. The van der Waals surface area contributed by atoms with Crippen molar-refractivity contribution in [3.05, 3.63) is 40.3 Å². The van der Waals surface area contributed by atoms with E-state index in [1.807, 2.05) is 31.4 Å². The molecule has 0 aliphatic heterocycles. The fourth-order valence-corrected chi connectivity index (χ4v) is 4.24. The van der Waals surface area contributed by atoms with Gasteiger partial charge in [0.1, 0.15) is 0 Å². The Bertz CT molecular complexity index is 675. The van der Waals surface area contributed by atoms with Crippen LogP contribution in [0, 0.1) is 0 Å². The lowest BCUT2D eigenvalue weighted by Gasteiger charge is -2.11. The first-order chi connectivity index (χ1) is 9.97. The second-order valence-electron chi connectivity index (χ2n) is 4.88. The van der Waals surface area contributed by atoms with Crippen LogP contribution in [0.5, 0.6) is 0 Å². The van der Waals surface area contributed by atoms with Crippen LogP contribution in [0.3, 0.4) is 0 Å². The van der Waals surface area contributed by atoms with Gasteiger partial charge >= 0.3 is 0 Å². The van der Waals surface area contributed by atoms with E-state index in [-0.39, 0.29) is 17.5 Å². The minimum atomic E-state index is -3.59. The topological polar surface area (TPSA) is 71.3 Å². The normalized spacial score (nSPS) is 13.5. The fourth-order valence-electron chi connectivity index (χ4n) is 2.15. The standard InChI is InChI=1S/C14H20N2O3S2/c1-3-6-16-9-13(8-12(16)10-17)21(18,19)15-11(2)14-5-4-7-20-14/h4-5,7-9,11,15,17H,3,6,10H2,1-2H3. The van der Waals surface area contributed by atoms with E-state index in [9.17, 15) is 13.5 Å². The number of aliphatic hydroxyl groups excluding tert-OH is 1. The molecule has 0 amide bonds. The second kappa shape index (κ2) is 6.74. The van der Waals surface area contributed by atoms with Crippen molar-refractivity contribution >= 4 is 21.4 Å². The Kier molecular flexibility index (Phi) is 5.21. The highest BCUT2D eigenvalue weighted by Crippen LogP contribution is 2.22. The average molecular weight is 328 g/mol. The number of sulfonamides is 1. The molecule has 5 nitrogen and oxygen atoms in total. The molecule has 0 spiro atoms. The van der Waals surface area contributed by atoms with Gasteiger partial charge in [0, 0.05) is 23.3 Å². The first-order valence-corrected chi connectivity index (χ1v) is 9.20. The highest BCUT2D eigenvalue weighted by molar-refractivity contribution is 7.89. The van der Waals surface area contributed by atoms with Gasteiger partial charge < -0.3 is 9.67 Å². The van der Waals surface area contributed by atoms with E-state index in [0.717, 1.165) is 11.3 Å². The van der Waals surface area contributed by atoms with Gasteiger partial charge in [0.05, 0.1) is 17.5 Å².